The number of nitrogens with one attached hydrogen (secondary N) is 1. The first kappa shape index (κ1) is 16.8. The molecule has 0 atom stereocenters. The van der Waals surface area contributed by atoms with Crippen molar-refractivity contribution in [2.45, 2.75) is 13.0 Å². The van der Waals surface area contributed by atoms with E-state index in [1.165, 1.54) is 16.9 Å². The van der Waals surface area contributed by atoms with Crippen LogP contribution in [0.1, 0.15) is 20.9 Å². The summed E-state index contributed by atoms with van der Waals surface area (Å²) in [5, 5.41) is 3.75. The Hall–Kier alpha value is -2.64. The molecule has 0 fully saturated rings. The highest BCUT2D eigenvalue weighted by atomic mass is 32.1. The average molecular weight is 368 g/mol. The van der Waals surface area contributed by atoms with Gasteiger partial charge in [-0.2, -0.15) is 0 Å². The van der Waals surface area contributed by atoms with Gasteiger partial charge in [0.25, 0.3) is 5.91 Å². The van der Waals surface area contributed by atoms with Crippen LogP contribution in [0.15, 0.2) is 30.3 Å². The van der Waals surface area contributed by atoms with Crippen molar-refractivity contribution in [3.8, 4) is 5.75 Å². The van der Waals surface area contributed by atoms with Crippen LogP contribution in [-0.4, -0.2) is 36.5 Å². The quantitative estimate of drug-likeness (QED) is 0.742. The Morgan fingerprint density at radius 2 is 2.23 bits per heavy atom. The van der Waals surface area contributed by atoms with Gasteiger partial charge in [-0.05, 0) is 30.8 Å². The minimum absolute atomic E-state index is 0.228. The van der Waals surface area contributed by atoms with Crippen LogP contribution in [0.5, 0.6) is 5.75 Å². The number of carbonyl (C=O) groups is 1. The fourth-order valence-electron chi connectivity index (χ4n) is 3.20. The van der Waals surface area contributed by atoms with Gasteiger partial charge in [-0.1, -0.05) is 6.07 Å². The number of anilines is 2. The van der Waals surface area contributed by atoms with Crippen molar-refractivity contribution in [3.63, 3.8) is 0 Å². The monoisotopic (exact) mass is 368 g/mol. The van der Waals surface area contributed by atoms with Crippen LogP contribution in [0, 0.1) is 0 Å². The van der Waals surface area contributed by atoms with Gasteiger partial charge in [0, 0.05) is 42.3 Å². The molecule has 6 nitrogen and oxygen atoms in total. The number of hydrogen-bond acceptors (Lipinski definition) is 6. The number of hydrogen-bond donors (Lipinski definition) is 2. The maximum absolute atomic E-state index is 12.7. The molecular formula is C19H20N4O2S. The summed E-state index contributed by atoms with van der Waals surface area (Å²) in [6.07, 6.45) is 0.922. The first-order valence-electron chi connectivity index (χ1n) is 8.40. The summed E-state index contributed by atoms with van der Waals surface area (Å²) in [6, 6.07) is 9.33. The van der Waals surface area contributed by atoms with Crippen LogP contribution in [0.2, 0.25) is 0 Å². The topological polar surface area (TPSA) is 80.5 Å². The minimum Gasteiger partial charge on any atom is -0.497 e. The summed E-state index contributed by atoms with van der Waals surface area (Å²) in [5.41, 5.74) is 9.75. The predicted molar refractivity (Wildman–Crippen MR) is 105 cm³/mol. The van der Waals surface area contributed by atoms with Gasteiger partial charge in [0.15, 0.2) is 0 Å². The molecule has 26 heavy (non-hydrogen) atoms. The molecule has 1 amide bonds. The number of benzene rings is 1. The highest BCUT2D eigenvalue weighted by Crippen LogP contribution is 2.35. The van der Waals surface area contributed by atoms with Crippen molar-refractivity contribution >= 4 is 38.8 Å². The molecule has 0 radical (unpaired) electrons. The molecule has 1 aliphatic rings. The van der Waals surface area contributed by atoms with Crippen molar-refractivity contribution in [1.29, 1.82) is 0 Å². The second-order valence-corrected chi connectivity index (χ2v) is 7.46. The van der Waals surface area contributed by atoms with Gasteiger partial charge in [0.05, 0.1) is 12.8 Å². The number of rotatable bonds is 3. The van der Waals surface area contributed by atoms with Crippen molar-refractivity contribution in [1.82, 2.24) is 9.88 Å². The lowest BCUT2D eigenvalue weighted by Crippen LogP contribution is -2.27. The van der Waals surface area contributed by atoms with Gasteiger partial charge < -0.3 is 20.7 Å². The lowest BCUT2D eigenvalue weighted by atomic mass is 10.0. The van der Waals surface area contributed by atoms with E-state index in [0.29, 0.717) is 22.0 Å². The first-order chi connectivity index (χ1) is 12.5. The second-order valence-electron chi connectivity index (χ2n) is 6.47. The number of likely N-dealkylation sites (N-methyl/N-ethyl adjacent to an activating group) is 1. The number of fused-ring (bicyclic) bond motifs is 2. The SMILES string of the molecule is COc1cccc(NC(=O)c2sc3nc4c(cc3c2N)CN(C)CC4)c1. The molecule has 1 aliphatic heterocycles. The van der Waals surface area contributed by atoms with E-state index < -0.39 is 0 Å². The van der Waals surface area contributed by atoms with Gasteiger partial charge in [0.1, 0.15) is 15.5 Å². The zero-order valence-electron chi connectivity index (χ0n) is 14.7. The van der Waals surface area contributed by atoms with Crippen LogP contribution in [-0.2, 0) is 13.0 Å². The number of nitrogen functional groups attached to an aromatic ring is 1. The first-order valence-corrected chi connectivity index (χ1v) is 9.21. The number of methoxy groups -OCH3 is 1. The summed E-state index contributed by atoms with van der Waals surface area (Å²) in [5.74, 6) is 0.458. The molecule has 0 saturated carbocycles. The normalized spacial score (nSPS) is 14.2. The molecule has 0 unspecified atom stereocenters. The standard InChI is InChI=1S/C19H20N4O2S/c1-23-7-6-15-11(10-23)8-14-16(20)17(26-19(14)22-15)18(24)21-12-4-3-5-13(9-12)25-2/h3-5,8-9H,6-7,10,20H2,1-2H3,(H,21,24). The molecule has 2 aromatic heterocycles. The molecule has 3 aromatic rings. The second kappa shape index (κ2) is 6.59. The van der Waals surface area contributed by atoms with E-state index in [1.807, 2.05) is 18.2 Å². The highest BCUT2D eigenvalue weighted by Gasteiger charge is 2.21. The van der Waals surface area contributed by atoms with Crippen molar-refractivity contribution < 1.29 is 9.53 Å². The zero-order valence-corrected chi connectivity index (χ0v) is 15.5. The van der Waals surface area contributed by atoms with E-state index in [-0.39, 0.29) is 5.91 Å². The van der Waals surface area contributed by atoms with E-state index >= 15 is 0 Å². The number of thiophene rings is 1. The number of nitrogens with zero attached hydrogens (tertiary/aromatic N) is 2. The molecule has 1 aromatic carbocycles. The number of aromatic nitrogens is 1. The Labute approximate surface area is 155 Å². The highest BCUT2D eigenvalue weighted by molar-refractivity contribution is 7.21. The van der Waals surface area contributed by atoms with Crippen molar-refractivity contribution in [2.24, 2.45) is 0 Å². The molecule has 3 N–H and O–H groups in total. The van der Waals surface area contributed by atoms with Gasteiger partial charge in [-0.15, -0.1) is 11.3 Å². The fourth-order valence-corrected chi connectivity index (χ4v) is 4.19. The van der Waals surface area contributed by atoms with Gasteiger partial charge in [-0.25, -0.2) is 4.98 Å². The molecule has 0 bridgehead atoms. The molecule has 0 saturated heterocycles. The summed E-state index contributed by atoms with van der Waals surface area (Å²) in [6.45, 7) is 1.86. The molecule has 134 valence electrons. The minimum atomic E-state index is -0.228. The van der Waals surface area contributed by atoms with Crippen LogP contribution >= 0.6 is 11.3 Å². The summed E-state index contributed by atoms with van der Waals surface area (Å²) < 4.78 is 5.19. The number of carbonyl (C=O) groups excluding carboxylic acids is 1. The lowest BCUT2D eigenvalue weighted by molar-refractivity contribution is 0.103. The van der Waals surface area contributed by atoms with Crippen molar-refractivity contribution in [3.05, 3.63) is 46.5 Å². The van der Waals surface area contributed by atoms with Gasteiger partial charge >= 0.3 is 0 Å². The van der Waals surface area contributed by atoms with E-state index in [1.54, 1.807) is 13.2 Å². The van der Waals surface area contributed by atoms with Crippen molar-refractivity contribution in [2.75, 3.05) is 31.8 Å². The third-order valence-electron chi connectivity index (χ3n) is 4.59. The summed E-state index contributed by atoms with van der Waals surface area (Å²) >= 11 is 1.34. The Balaban J connectivity index is 1.67. The van der Waals surface area contributed by atoms with E-state index in [0.717, 1.165) is 35.4 Å². The Morgan fingerprint density at radius 1 is 1.38 bits per heavy atom. The average Bonchev–Trinajstić information content (AvgIpc) is 2.96. The molecular weight excluding hydrogens is 348 g/mol. The molecule has 3 heterocycles. The van der Waals surface area contributed by atoms with Crippen LogP contribution in [0.3, 0.4) is 0 Å². The van der Waals surface area contributed by atoms with Gasteiger partial charge in [-0.3, -0.25) is 4.79 Å². The lowest BCUT2D eigenvalue weighted by Gasteiger charge is -2.24. The van der Waals surface area contributed by atoms with Crippen LogP contribution in [0.25, 0.3) is 10.2 Å². The Bertz CT molecular complexity index is 999. The molecule has 0 aliphatic carbocycles. The molecule has 4 rings (SSSR count). The Kier molecular flexibility index (Phi) is 4.26. The summed E-state index contributed by atoms with van der Waals surface area (Å²) in [7, 11) is 3.69. The zero-order chi connectivity index (χ0) is 18.3. The van der Waals surface area contributed by atoms with Crippen LogP contribution < -0.4 is 15.8 Å². The van der Waals surface area contributed by atoms with Gasteiger partial charge in [0.2, 0.25) is 0 Å². The molecule has 7 heteroatoms. The molecule has 0 spiro atoms. The smallest absolute Gasteiger partial charge is 0.267 e. The van der Waals surface area contributed by atoms with E-state index in [4.69, 9.17) is 15.5 Å². The van der Waals surface area contributed by atoms with E-state index in [9.17, 15) is 4.79 Å². The largest absolute Gasteiger partial charge is 0.497 e. The maximum Gasteiger partial charge on any atom is 0.267 e. The summed E-state index contributed by atoms with van der Waals surface area (Å²) in [4.78, 5) is 21.1. The van der Waals surface area contributed by atoms with Crippen LogP contribution in [0.4, 0.5) is 11.4 Å². The third-order valence-corrected chi connectivity index (χ3v) is 5.71. The predicted octanol–water partition coefficient (Wildman–Crippen LogP) is 3.13. The number of nitrogens with two attached hydrogens (primary N) is 1. The Morgan fingerprint density at radius 3 is 3.04 bits per heavy atom. The van der Waals surface area contributed by atoms with E-state index in [2.05, 4.69) is 23.3 Å². The number of pyridine rings is 1. The third kappa shape index (κ3) is 3.00. The number of ether oxygens (including phenoxy) is 1. The maximum atomic E-state index is 12.7. The number of amides is 1. The fraction of sp³-hybridized carbons (Fsp3) is 0.263.